The van der Waals surface area contributed by atoms with Crippen LogP contribution in [-0.4, -0.2) is 24.9 Å². The first-order chi connectivity index (χ1) is 8.19. The van der Waals surface area contributed by atoms with E-state index in [1.807, 2.05) is 31.2 Å². The van der Waals surface area contributed by atoms with Crippen molar-refractivity contribution in [2.45, 2.75) is 13.3 Å². The van der Waals surface area contributed by atoms with Crippen LogP contribution in [0.15, 0.2) is 24.3 Å². The smallest absolute Gasteiger partial charge is 0.310 e. The molecule has 0 radical (unpaired) electrons. The van der Waals surface area contributed by atoms with Gasteiger partial charge in [0.2, 0.25) is 0 Å². The van der Waals surface area contributed by atoms with Crippen molar-refractivity contribution in [3.8, 4) is 0 Å². The average molecular weight is 233 g/mol. The number of rotatable bonds is 3. The van der Waals surface area contributed by atoms with E-state index in [1.165, 1.54) is 7.11 Å². The summed E-state index contributed by atoms with van der Waals surface area (Å²) in [6.07, 6.45) is 0.263. The number of esters is 1. The highest BCUT2D eigenvalue weighted by Crippen LogP contribution is 2.25. The molecule has 0 bridgehead atoms. The Hall–Kier alpha value is -1.97. The molecule has 90 valence electrons. The number of nitrogens with zero attached hydrogens (tertiary/aromatic N) is 1. The van der Waals surface area contributed by atoms with Crippen LogP contribution in [0.25, 0.3) is 10.9 Å². The molecule has 0 saturated carbocycles. The van der Waals surface area contributed by atoms with Crippen LogP contribution in [0.2, 0.25) is 0 Å². The minimum Gasteiger partial charge on any atom is -0.469 e. The lowest BCUT2D eigenvalue weighted by Crippen LogP contribution is -2.09. The van der Waals surface area contributed by atoms with Crippen LogP contribution in [0, 0.1) is 6.92 Å². The summed E-state index contributed by atoms with van der Waals surface area (Å²) >= 11 is 0. The van der Waals surface area contributed by atoms with Gasteiger partial charge in [-0.3, -0.25) is 4.79 Å². The van der Waals surface area contributed by atoms with E-state index in [2.05, 4.69) is 0 Å². The van der Waals surface area contributed by atoms with Crippen molar-refractivity contribution >= 4 is 16.9 Å². The SMILES string of the molecule is COC(=O)Cc1c(C)n(OC)c2ccccc12. The second kappa shape index (κ2) is 4.49. The molecule has 1 aromatic carbocycles. The summed E-state index contributed by atoms with van der Waals surface area (Å²) in [6, 6.07) is 7.84. The number of ether oxygens (including phenoxy) is 1. The molecule has 0 saturated heterocycles. The van der Waals surface area contributed by atoms with E-state index in [-0.39, 0.29) is 12.4 Å². The number of methoxy groups -OCH3 is 1. The molecule has 1 heterocycles. The molecule has 4 nitrogen and oxygen atoms in total. The van der Waals surface area contributed by atoms with Crippen molar-refractivity contribution in [2.24, 2.45) is 0 Å². The van der Waals surface area contributed by atoms with Gasteiger partial charge < -0.3 is 9.57 Å². The van der Waals surface area contributed by atoms with Gasteiger partial charge in [-0.05, 0) is 18.6 Å². The first-order valence-corrected chi connectivity index (χ1v) is 5.39. The van der Waals surface area contributed by atoms with Gasteiger partial charge in [0.1, 0.15) is 7.11 Å². The number of hydrogen-bond donors (Lipinski definition) is 0. The summed E-state index contributed by atoms with van der Waals surface area (Å²) in [5.74, 6) is -0.243. The molecule has 0 fully saturated rings. The average Bonchev–Trinajstić information content (AvgIpc) is 2.62. The molecule has 0 atom stereocenters. The van der Waals surface area contributed by atoms with E-state index in [9.17, 15) is 4.79 Å². The standard InChI is InChI=1S/C13H15NO3/c1-9-11(8-13(15)16-2)10-6-4-5-7-12(10)14(9)17-3/h4-7H,8H2,1-3H3. The van der Waals surface area contributed by atoms with Crippen LogP contribution in [0.3, 0.4) is 0 Å². The monoisotopic (exact) mass is 233 g/mol. The Labute approximate surface area is 99.7 Å². The molecule has 0 aliphatic carbocycles. The van der Waals surface area contributed by atoms with Crippen LogP contribution >= 0.6 is 0 Å². The number of hydrogen-bond acceptors (Lipinski definition) is 3. The first-order valence-electron chi connectivity index (χ1n) is 5.39. The second-order valence-electron chi connectivity index (χ2n) is 3.81. The van der Waals surface area contributed by atoms with E-state index in [1.54, 1.807) is 11.8 Å². The van der Waals surface area contributed by atoms with Crippen LogP contribution in [-0.2, 0) is 16.0 Å². The maximum absolute atomic E-state index is 11.4. The zero-order valence-corrected chi connectivity index (χ0v) is 10.2. The van der Waals surface area contributed by atoms with Gasteiger partial charge in [0.15, 0.2) is 0 Å². The van der Waals surface area contributed by atoms with Crippen molar-refractivity contribution in [2.75, 3.05) is 14.2 Å². The van der Waals surface area contributed by atoms with Crippen molar-refractivity contribution in [3.05, 3.63) is 35.5 Å². The van der Waals surface area contributed by atoms with Gasteiger partial charge in [0.05, 0.1) is 24.7 Å². The number of fused-ring (bicyclic) bond motifs is 1. The number of para-hydroxylation sites is 1. The molecule has 0 aliphatic rings. The molecule has 0 N–H and O–H groups in total. The van der Waals surface area contributed by atoms with E-state index < -0.39 is 0 Å². The quantitative estimate of drug-likeness (QED) is 0.758. The lowest BCUT2D eigenvalue weighted by Gasteiger charge is -2.05. The Bertz CT molecular complexity index is 557. The Morgan fingerprint density at radius 2 is 2.00 bits per heavy atom. The normalized spacial score (nSPS) is 10.5. The van der Waals surface area contributed by atoms with Gasteiger partial charge >= 0.3 is 5.97 Å². The summed E-state index contributed by atoms with van der Waals surface area (Å²) in [6.45, 7) is 1.93. The summed E-state index contributed by atoms with van der Waals surface area (Å²) in [5.41, 5.74) is 2.85. The lowest BCUT2D eigenvalue weighted by atomic mass is 10.1. The highest BCUT2D eigenvalue weighted by molar-refractivity contribution is 5.89. The van der Waals surface area contributed by atoms with Crippen LogP contribution in [0.4, 0.5) is 0 Å². The van der Waals surface area contributed by atoms with E-state index in [0.29, 0.717) is 0 Å². The number of carbonyl (C=O) groups is 1. The largest absolute Gasteiger partial charge is 0.469 e. The first kappa shape index (κ1) is 11.5. The fourth-order valence-electron chi connectivity index (χ4n) is 2.08. The van der Waals surface area contributed by atoms with Gasteiger partial charge in [-0.15, -0.1) is 0 Å². The maximum Gasteiger partial charge on any atom is 0.310 e. The topological polar surface area (TPSA) is 40.5 Å². The predicted octanol–water partition coefficient (Wildman–Crippen LogP) is 1.72. The van der Waals surface area contributed by atoms with Crippen molar-refractivity contribution in [1.29, 1.82) is 0 Å². The highest BCUT2D eigenvalue weighted by Gasteiger charge is 2.16. The van der Waals surface area contributed by atoms with Crippen LogP contribution in [0.1, 0.15) is 11.3 Å². The molecule has 2 aromatic rings. The van der Waals surface area contributed by atoms with Crippen molar-refractivity contribution in [1.82, 2.24) is 4.73 Å². The van der Waals surface area contributed by atoms with Crippen molar-refractivity contribution < 1.29 is 14.4 Å². The Morgan fingerprint density at radius 1 is 1.29 bits per heavy atom. The zero-order chi connectivity index (χ0) is 12.4. The van der Waals surface area contributed by atoms with Gasteiger partial charge in [-0.1, -0.05) is 18.2 Å². The summed E-state index contributed by atoms with van der Waals surface area (Å²) in [7, 11) is 3.01. The third kappa shape index (κ3) is 1.86. The van der Waals surface area contributed by atoms with E-state index in [0.717, 1.165) is 22.2 Å². The lowest BCUT2D eigenvalue weighted by molar-refractivity contribution is -0.139. The molecule has 2 rings (SSSR count). The number of benzene rings is 1. The molecule has 0 unspecified atom stereocenters. The molecular weight excluding hydrogens is 218 g/mol. The Kier molecular flexibility index (Phi) is 3.04. The fourth-order valence-corrected chi connectivity index (χ4v) is 2.08. The fraction of sp³-hybridized carbons (Fsp3) is 0.308. The summed E-state index contributed by atoms with van der Waals surface area (Å²) in [4.78, 5) is 16.7. The molecule has 0 spiro atoms. The van der Waals surface area contributed by atoms with Crippen molar-refractivity contribution in [3.63, 3.8) is 0 Å². The molecule has 4 heteroatoms. The molecule has 1 aromatic heterocycles. The second-order valence-corrected chi connectivity index (χ2v) is 3.81. The molecule has 0 amide bonds. The zero-order valence-electron chi connectivity index (χ0n) is 10.2. The third-order valence-corrected chi connectivity index (χ3v) is 2.92. The highest BCUT2D eigenvalue weighted by atomic mass is 16.6. The van der Waals surface area contributed by atoms with Gasteiger partial charge in [-0.25, -0.2) is 0 Å². The van der Waals surface area contributed by atoms with Gasteiger partial charge in [0.25, 0.3) is 0 Å². The third-order valence-electron chi connectivity index (χ3n) is 2.92. The Morgan fingerprint density at radius 3 is 2.65 bits per heavy atom. The van der Waals surface area contributed by atoms with Crippen LogP contribution in [0.5, 0.6) is 0 Å². The Balaban J connectivity index is 2.61. The van der Waals surface area contributed by atoms with Gasteiger partial charge in [-0.2, -0.15) is 4.73 Å². The molecular formula is C13H15NO3. The minimum atomic E-state index is -0.243. The van der Waals surface area contributed by atoms with E-state index in [4.69, 9.17) is 9.57 Å². The number of aromatic nitrogens is 1. The minimum absolute atomic E-state index is 0.243. The summed E-state index contributed by atoms with van der Waals surface area (Å²) in [5, 5.41) is 1.03. The predicted molar refractivity (Wildman–Crippen MR) is 64.9 cm³/mol. The molecule has 0 aliphatic heterocycles. The number of carbonyl (C=O) groups excluding carboxylic acids is 1. The summed E-state index contributed by atoms with van der Waals surface area (Å²) < 4.78 is 6.44. The van der Waals surface area contributed by atoms with Crippen LogP contribution < -0.4 is 4.84 Å². The molecule has 17 heavy (non-hydrogen) atoms. The maximum atomic E-state index is 11.4. The van der Waals surface area contributed by atoms with Gasteiger partial charge in [0, 0.05) is 5.39 Å². The van der Waals surface area contributed by atoms with E-state index >= 15 is 0 Å².